The number of allylic oxidation sites excluding steroid dienone is 3. The van der Waals surface area contributed by atoms with Crippen LogP contribution >= 0.6 is 0 Å². The molecule has 1 fully saturated rings. The lowest BCUT2D eigenvalue weighted by atomic mass is 10.2. The number of hydrogen-bond acceptors (Lipinski definition) is 2. The van der Waals surface area contributed by atoms with Crippen LogP contribution in [-0.2, 0) is 0 Å². The van der Waals surface area contributed by atoms with Gasteiger partial charge in [-0.2, -0.15) is 5.26 Å². The SMILES string of the molecule is C=C/C=C(\C=C\C#N)CN1CCCC1. The van der Waals surface area contributed by atoms with Crippen LogP contribution in [0.25, 0.3) is 0 Å². The summed E-state index contributed by atoms with van der Waals surface area (Å²) in [6.07, 6.45) is 9.71. The van der Waals surface area contributed by atoms with Gasteiger partial charge >= 0.3 is 0 Å². The second-order valence-corrected chi connectivity index (χ2v) is 3.42. The maximum absolute atomic E-state index is 8.44. The van der Waals surface area contributed by atoms with Crippen molar-refractivity contribution in [2.45, 2.75) is 12.8 Å². The Kier molecular flexibility index (Phi) is 4.74. The highest BCUT2D eigenvalue weighted by Crippen LogP contribution is 2.10. The van der Waals surface area contributed by atoms with E-state index in [2.05, 4.69) is 11.5 Å². The van der Waals surface area contributed by atoms with Crippen LogP contribution in [0.2, 0.25) is 0 Å². The number of likely N-dealkylation sites (tertiary alicyclic amines) is 1. The molecule has 1 aliphatic rings. The summed E-state index contributed by atoms with van der Waals surface area (Å²) in [5, 5.41) is 8.44. The van der Waals surface area contributed by atoms with Gasteiger partial charge in [-0.15, -0.1) is 0 Å². The number of nitrogens with zero attached hydrogens (tertiary/aromatic N) is 2. The van der Waals surface area contributed by atoms with E-state index in [1.807, 2.05) is 18.2 Å². The third-order valence-electron chi connectivity index (χ3n) is 2.31. The van der Waals surface area contributed by atoms with Gasteiger partial charge < -0.3 is 0 Å². The van der Waals surface area contributed by atoms with E-state index in [1.54, 1.807) is 6.08 Å². The topological polar surface area (TPSA) is 27.0 Å². The maximum Gasteiger partial charge on any atom is 0.0912 e. The highest BCUT2D eigenvalue weighted by atomic mass is 15.1. The fourth-order valence-corrected chi connectivity index (χ4v) is 1.66. The summed E-state index contributed by atoms with van der Waals surface area (Å²) in [5.41, 5.74) is 1.16. The van der Waals surface area contributed by atoms with Crippen LogP contribution in [0, 0.1) is 11.3 Å². The van der Waals surface area contributed by atoms with E-state index in [0.717, 1.165) is 12.1 Å². The molecule has 1 saturated heterocycles. The molecule has 1 rings (SSSR count). The van der Waals surface area contributed by atoms with Gasteiger partial charge in [0, 0.05) is 12.6 Å². The zero-order valence-corrected chi connectivity index (χ0v) is 8.45. The lowest BCUT2D eigenvalue weighted by Gasteiger charge is -2.14. The van der Waals surface area contributed by atoms with E-state index in [0.29, 0.717) is 0 Å². The third kappa shape index (κ3) is 3.59. The Morgan fingerprint density at radius 3 is 2.71 bits per heavy atom. The quantitative estimate of drug-likeness (QED) is 0.500. The molecule has 0 saturated carbocycles. The average Bonchev–Trinajstić information content (AvgIpc) is 2.67. The fourth-order valence-electron chi connectivity index (χ4n) is 1.66. The van der Waals surface area contributed by atoms with Crippen LogP contribution in [0.15, 0.2) is 36.5 Å². The summed E-state index contributed by atoms with van der Waals surface area (Å²) >= 11 is 0. The molecule has 0 aromatic heterocycles. The Morgan fingerprint density at radius 1 is 1.43 bits per heavy atom. The minimum Gasteiger partial charge on any atom is -0.299 e. The molecule has 0 aliphatic carbocycles. The van der Waals surface area contributed by atoms with E-state index in [1.165, 1.54) is 32.0 Å². The number of hydrogen-bond donors (Lipinski definition) is 0. The van der Waals surface area contributed by atoms with E-state index in [4.69, 9.17) is 5.26 Å². The molecule has 1 heterocycles. The second-order valence-electron chi connectivity index (χ2n) is 3.42. The van der Waals surface area contributed by atoms with Crippen molar-refractivity contribution in [3.05, 3.63) is 36.5 Å². The van der Waals surface area contributed by atoms with Crippen molar-refractivity contribution in [3.8, 4) is 6.07 Å². The van der Waals surface area contributed by atoms with Crippen LogP contribution in [0.4, 0.5) is 0 Å². The highest BCUT2D eigenvalue weighted by Gasteiger charge is 2.11. The van der Waals surface area contributed by atoms with Crippen molar-refractivity contribution in [2.75, 3.05) is 19.6 Å². The monoisotopic (exact) mass is 188 g/mol. The molecule has 0 aromatic rings. The van der Waals surface area contributed by atoms with Crippen LogP contribution in [-0.4, -0.2) is 24.5 Å². The summed E-state index contributed by atoms with van der Waals surface area (Å²) in [4.78, 5) is 2.40. The van der Waals surface area contributed by atoms with Crippen molar-refractivity contribution in [1.29, 1.82) is 5.26 Å². The van der Waals surface area contributed by atoms with Crippen LogP contribution < -0.4 is 0 Å². The first-order valence-electron chi connectivity index (χ1n) is 4.97. The van der Waals surface area contributed by atoms with Gasteiger partial charge in [-0.25, -0.2) is 0 Å². The predicted octanol–water partition coefficient (Wildman–Crippen LogP) is 2.27. The smallest absolute Gasteiger partial charge is 0.0912 e. The lowest BCUT2D eigenvalue weighted by molar-refractivity contribution is 0.371. The van der Waals surface area contributed by atoms with Gasteiger partial charge in [-0.3, -0.25) is 4.90 Å². The zero-order valence-electron chi connectivity index (χ0n) is 8.45. The Bertz CT molecular complexity index is 275. The van der Waals surface area contributed by atoms with Crippen molar-refractivity contribution < 1.29 is 0 Å². The second kappa shape index (κ2) is 6.17. The molecule has 0 atom stereocenters. The molecule has 1 aliphatic heterocycles. The van der Waals surface area contributed by atoms with Crippen LogP contribution in [0.3, 0.4) is 0 Å². The highest BCUT2D eigenvalue weighted by molar-refractivity contribution is 5.27. The third-order valence-corrected chi connectivity index (χ3v) is 2.31. The predicted molar refractivity (Wildman–Crippen MR) is 58.7 cm³/mol. The van der Waals surface area contributed by atoms with Gasteiger partial charge in [0.25, 0.3) is 0 Å². The summed E-state index contributed by atoms with van der Waals surface area (Å²) in [7, 11) is 0. The zero-order chi connectivity index (χ0) is 10.2. The van der Waals surface area contributed by atoms with E-state index in [9.17, 15) is 0 Å². The standard InChI is InChI=1S/C12H16N2/c1-2-6-12(7-5-8-13)11-14-9-3-4-10-14/h2,5-7H,1,3-4,9-11H2/b7-5+,12-6+. The normalized spacial score (nSPS) is 18.6. The molecule has 2 heteroatoms. The number of nitriles is 1. The first-order valence-corrected chi connectivity index (χ1v) is 4.97. The molecular weight excluding hydrogens is 172 g/mol. The Labute approximate surface area is 85.8 Å². The minimum atomic E-state index is 0.935. The summed E-state index contributed by atoms with van der Waals surface area (Å²) in [5.74, 6) is 0. The lowest BCUT2D eigenvalue weighted by Crippen LogP contribution is -2.21. The fraction of sp³-hybridized carbons (Fsp3) is 0.417. The van der Waals surface area contributed by atoms with Crippen molar-refractivity contribution in [3.63, 3.8) is 0 Å². The van der Waals surface area contributed by atoms with E-state index < -0.39 is 0 Å². The first kappa shape index (κ1) is 10.7. The molecule has 0 radical (unpaired) electrons. The number of rotatable bonds is 4. The molecule has 0 N–H and O–H groups in total. The summed E-state index contributed by atoms with van der Waals surface area (Å²) in [6.45, 7) is 6.96. The van der Waals surface area contributed by atoms with Gasteiger partial charge in [0.2, 0.25) is 0 Å². The Balaban J connectivity index is 2.51. The van der Waals surface area contributed by atoms with Gasteiger partial charge in [0.15, 0.2) is 0 Å². The van der Waals surface area contributed by atoms with Gasteiger partial charge in [-0.05, 0) is 37.6 Å². The molecule has 0 unspecified atom stereocenters. The van der Waals surface area contributed by atoms with Crippen molar-refractivity contribution >= 4 is 0 Å². The molecule has 14 heavy (non-hydrogen) atoms. The maximum atomic E-state index is 8.44. The van der Waals surface area contributed by atoms with Crippen molar-refractivity contribution in [1.82, 2.24) is 4.90 Å². The molecular formula is C12H16N2. The van der Waals surface area contributed by atoms with Gasteiger partial charge in [0.05, 0.1) is 6.07 Å². The average molecular weight is 188 g/mol. The molecule has 0 bridgehead atoms. The van der Waals surface area contributed by atoms with Gasteiger partial charge in [-0.1, -0.05) is 18.7 Å². The molecule has 0 amide bonds. The summed E-state index contributed by atoms with van der Waals surface area (Å²) < 4.78 is 0. The molecule has 2 nitrogen and oxygen atoms in total. The van der Waals surface area contributed by atoms with Crippen LogP contribution in [0.5, 0.6) is 0 Å². The minimum absolute atomic E-state index is 0.935. The molecule has 0 aromatic carbocycles. The largest absolute Gasteiger partial charge is 0.299 e. The van der Waals surface area contributed by atoms with E-state index >= 15 is 0 Å². The van der Waals surface area contributed by atoms with E-state index in [-0.39, 0.29) is 0 Å². The Hall–Kier alpha value is -1.33. The Morgan fingerprint density at radius 2 is 2.14 bits per heavy atom. The molecule has 74 valence electrons. The van der Waals surface area contributed by atoms with Crippen molar-refractivity contribution in [2.24, 2.45) is 0 Å². The summed E-state index contributed by atoms with van der Waals surface area (Å²) in [6, 6.07) is 2.01. The first-order chi connectivity index (χ1) is 6.86. The van der Waals surface area contributed by atoms with Crippen LogP contribution in [0.1, 0.15) is 12.8 Å². The molecule has 0 spiro atoms. The van der Waals surface area contributed by atoms with Gasteiger partial charge in [0.1, 0.15) is 0 Å².